The van der Waals surface area contributed by atoms with Crippen LogP contribution in [0.3, 0.4) is 0 Å². The van der Waals surface area contributed by atoms with E-state index >= 15 is 0 Å². The summed E-state index contributed by atoms with van der Waals surface area (Å²) in [5.41, 5.74) is 1.06. The number of ether oxygens (including phenoxy) is 2. The number of methoxy groups -OCH3 is 2. The van der Waals surface area contributed by atoms with Gasteiger partial charge in [0.15, 0.2) is 11.5 Å². The fourth-order valence-electron chi connectivity index (χ4n) is 2.09. The van der Waals surface area contributed by atoms with E-state index in [1.807, 2.05) is 0 Å². The van der Waals surface area contributed by atoms with Crippen molar-refractivity contribution in [1.82, 2.24) is 0 Å². The number of aryl methyl sites for hydroxylation is 1. The van der Waals surface area contributed by atoms with E-state index in [1.165, 1.54) is 26.4 Å². The van der Waals surface area contributed by atoms with Crippen LogP contribution in [-0.4, -0.2) is 14.2 Å². The van der Waals surface area contributed by atoms with Crippen LogP contribution in [0.5, 0.6) is 11.5 Å². The Hall–Kier alpha value is -1.62. The van der Waals surface area contributed by atoms with Gasteiger partial charge in [-0.25, -0.2) is 8.78 Å². The van der Waals surface area contributed by atoms with Crippen molar-refractivity contribution < 1.29 is 18.3 Å². The third-order valence-electron chi connectivity index (χ3n) is 3.27. The summed E-state index contributed by atoms with van der Waals surface area (Å²) < 4.78 is 38.5. The molecule has 2 nitrogen and oxygen atoms in total. The highest BCUT2D eigenvalue weighted by molar-refractivity contribution is 9.09. The van der Waals surface area contributed by atoms with Gasteiger partial charge in [-0.05, 0) is 36.2 Å². The van der Waals surface area contributed by atoms with Crippen LogP contribution in [0.4, 0.5) is 8.78 Å². The van der Waals surface area contributed by atoms with E-state index in [1.54, 1.807) is 25.1 Å². The SMILES string of the molecule is COc1ccc(C(Br)c2c(F)ccc(C)c2F)cc1OC. The van der Waals surface area contributed by atoms with Gasteiger partial charge < -0.3 is 9.47 Å². The van der Waals surface area contributed by atoms with Crippen LogP contribution in [0.15, 0.2) is 30.3 Å². The Balaban J connectivity index is 2.50. The second-order valence-electron chi connectivity index (χ2n) is 4.57. The van der Waals surface area contributed by atoms with Gasteiger partial charge in [0, 0.05) is 5.56 Å². The van der Waals surface area contributed by atoms with E-state index in [0.29, 0.717) is 22.6 Å². The molecule has 21 heavy (non-hydrogen) atoms. The van der Waals surface area contributed by atoms with E-state index < -0.39 is 16.5 Å². The monoisotopic (exact) mass is 356 g/mol. The molecule has 2 rings (SSSR count). The minimum Gasteiger partial charge on any atom is -0.493 e. The van der Waals surface area contributed by atoms with Gasteiger partial charge in [-0.1, -0.05) is 28.1 Å². The van der Waals surface area contributed by atoms with Crippen molar-refractivity contribution in [3.05, 3.63) is 58.7 Å². The van der Waals surface area contributed by atoms with Gasteiger partial charge in [-0.15, -0.1) is 0 Å². The molecule has 1 atom stereocenters. The molecule has 0 aliphatic carbocycles. The average molecular weight is 357 g/mol. The molecule has 0 aromatic heterocycles. The Kier molecular flexibility index (Phi) is 4.83. The minimum absolute atomic E-state index is 0.0118. The van der Waals surface area contributed by atoms with Crippen molar-refractivity contribution in [2.45, 2.75) is 11.8 Å². The van der Waals surface area contributed by atoms with Crippen LogP contribution in [0.2, 0.25) is 0 Å². The smallest absolute Gasteiger partial charge is 0.161 e. The molecular weight excluding hydrogens is 342 g/mol. The summed E-state index contributed by atoms with van der Waals surface area (Å²) in [6.45, 7) is 1.60. The maximum Gasteiger partial charge on any atom is 0.161 e. The lowest BCUT2D eigenvalue weighted by atomic mass is 10.0. The first-order valence-corrected chi connectivity index (χ1v) is 7.21. The number of hydrogen-bond acceptors (Lipinski definition) is 2. The Morgan fingerprint density at radius 2 is 1.67 bits per heavy atom. The van der Waals surface area contributed by atoms with Crippen molar-refractivity contribution in [2.75, 3.05) is 14.2 Å². The fraction of sp³-hybridized carbons (Fsp3) is 0.250. The van der Waals surface area contributed by atoms with Gasteiger partial charge in [-0.3, -0.25) is 0 Å². The van der Waals surface area contributed by atoms with Crippen LogP contribution in [0, 0.1) is 18.6 Å². The number of benzene rings is 2. The van der Waals surface area contributed by atoms with Gasteiger partial charge in [0.1, 0.15) is 11.6 Å². The van der Waals surface area contributed by atoms with E-state index in [0.717, 1.165) is 0 Å². The second-order valence-corrected chi connectivity index (χ2v) is 5.48. The van der Waals surface area contributed by atoms with Crippen molar-refractivity contribution in [3.8, 4) is 11.5 Å². The molecule has 0 aliphatic rings. The molecule has 5 heteroatoms. The maximum atomic E-state index is 14.2. The zero-order valence-corrected chi connectivity index (χ0v) is 13.5. The minimum atomic E-state index is -0.614. The predicted octanol–water partition coefficient (Wildman–Crippen LogP) is 4.77. The summed E-state index contributed by atoms with van der Waals surface area (Å²) in [6, 6.07) is 7.82. The lowest BCUT2D eigenvalue weighted by molar-refractivity contribution is 0.354. The normalized spacial score (nSPS) is 12.1. The molecule has 0 N–H and O–H groups in total. The van der Waals surface area contributed by atoms with E-state index in [-0.39, 0.29) is 5.56 Å². The first-order valence-electron chi connectivity index (χ1n) is 6.30. The summed E-state index contributed by atoms with van der Waals surface area (Å²) >= 11 is 3.36. The van der Waals surface area contributed by atoms with Crippen molar-refractivity contribution in [2.24, 2.45) is 0 Å². The third-order valence-corrected chi connectivity index (χ3v) is 4.26. The molecule has 0 fully saturated rings. The first-order chi connectivity index (χ1) is 9.99. The average Bonchev–Trinajstić information content (AvgIpc) is 2.50. The maximum absolute atomic E-state index is 14.2. The van der Waals surface area contributed by atoms with Gasteiger partial charge in [-0.2, -0.15) is 0 Å². The molecule has 1 unspecified atom stereocenters. The summed E-state index contributed by atoms with van der Waals surface area (Å²) in [7, 11) is 3.04. The van der Waals surface area contributed by atoms with E-state index in [2.05, 4.69) is 15.9 Å². The zero-order valence-electron chi connectivity index (χ0n) is 11.9. The predicted molar refractivity (Wildman–Crippen MR) is 81.4 cm³/mol. The second kappa shape index (κ2) is 6.43. The molecule has 2 aromatic carbocycles. The van der Waals surface area contributed by atoms with Gasteiger partial charge >= 0.3 is 0 Å². The van der Waals surface area contributed by atoms with Crippen molar-refractivity contribution >= 4 is 15.9 Å². The number of halogens is 3. The summed E-state index contributed by atoms with van der Waals surface area (Å²) in [6.07, 6.45) is 0. The molecule has 0 saturated carbocycles. The molecule has 0 spiro atoms. The highest BCUT2D eigenvalue weighted by Gasteiger charge is 2.22. The number of hydrogen-bond donors (Lipinski definition) is 0. The largest absolute Gasteiger partial charge is 0.493 e. The molecule has 0 aliphatic heterocycles. The lowest BCUT2D eigenvalue weighted by Crippen LogP contribution is -2.03. The van der Waals surface area contributed by atoms with Gasteiger partial charge in [0.2, 0.25) is 0 Å². The molecule has 112 valence electrons. The Bertz CT molecular complexity index is 659. The molecule has 0 bridgehead atoms. The Morgan fingerprint density at radius 3 is 2.29 bits per heavy atom. The molecule has 0 heterocycles. The highest BCUT2D eigenvalue weighted by atomic mass is 79.9. The van der Waals surface area contributed by atoms with Crippen LogP contribution < -0.4 is 9.47 Å². The molecule has 0 amide bonds. The van der Waals surface area contributed by atoms with E-state index in [4.69, 9.17) is 9.47 Å². The van der Waals surface area contributed by atoms with Crippen molar-refractivity contribution in [1.29, 1.82) is 0 Å². The Morgan fingerprint density at radius 1 is 1.00 bits per heavy atom. The molecule has 0 saturated heterocycles. The quantitative estimate of drug-likeness (QED) is 0.734. The number of alkyl halides is 1. The standard InChI is InChI=1S/C16H15BrF2O2/c1-9-4-6-11(18)14(16(9)19)15(17)10-5-7-12(20-2)13(8-10)21-3/h4-8,15H,1-3H3. The third kappa shape index (κ3) is 3.02. The van der Waals surface area contributed by atoms with Gasteiger partial charge in [0.05, 0.1) is 19.0 Å². The zero-order chi connectivity index (χ0) is 15.6. The van der Waals surface area contributed by atoms with E-state index in [9.17, 15) is 8.78 Å². The fourth-order valence-corrected chi connectivity index (χ4v) is 2.79. The number of rotatable bonds is 4. The summed E-state index contributed by atoms with van der Waals surface area (Å²) in [5.74, 6) is -0.0690. The Labute approximate surface area is 130 Å². The first kappa shape index (κ1) is 15.8. The summed E-state index contributed by atoms with van der Waals surface area (Å²) in [5, 5.41) is 0. The molecular formula is C16H15BrF2O2. The van der Waals surface area contributed by atoms with Gasteiger partial charge in [0.25, 0.3) is 0 Å². The lowest BCUT2D eigenvalue weighted by Gasteiger charge is -2.16. The molecule has 2 aromatic rings. The van der Waals surface area contributed by atoms with Crippen LogP contribution in [0.1, 0.15) is 21.5 Å². The van der Waals surface area contributed by atoms with Crippen LogP contribution in [0.25, 0.3) is 0 Å². The summed E-state index contributed by atoms with van der Waals surface area (Å²) in [4.78, 5) is -0.614. The van der Waals surface area contributed by atoms with Crippen LogP contribution in [-0.2, 0) is 0 Å². The van der Waals surface area contributed by atoms with Crippen molar-refractivity contribution in [3.63, 3.8) is 0 Å². The molecule has 0 radical (unpaired) electrons. The van der Waals surface area contributed by atoms with Crippen LogP contribution >= 0.6 is 15.9 Å². The highest BCUT2D eigenvalue weighted by Crippen LogP contribution is 2.38. The topological polar surface area (TPSA) is 18.5 Å².